The molecule has 2 heterocycles. The van der Waals surface area contributed by atoms with Gasteiger partial charge in [-0.3, -0.25) is 19.5 Å². The van der Waals surface area contributed by atoms with Gasteiger partial charge in [-0.2, -0.15) is 0 Å². The highest BCUT2D eigenvalue weighted by atomic mass is 16.5. The fourth-order valence-corrected chi connectivity index (χ4v) is 6.18. The average molecular weight is 527 g/mol. The second-order valence-corrected chi connectivity index (χ2v) is 10.9. The second-order valence-electron chi connectivity index (χ2n) is 10.9. The molecule has 0 aliphatic heterocycles. The predicted molar refractivity (Wildman–Crippen MR) is 153 cm³/mol. The largest absolute Gasteiger partial charge is 0.497 e. The summed E-state index contributed by atoms with van der Waals surface area (Å²) >= 11 is 0. The van der Waals surface area contributed by atoms with Crippen LogP contribution in [0.1, 0.15) is 79.7 Å². The lowest BCUT2D eigenvalue weighted by molar-refractivity contribution is -0.123. The van der Waals surface area contributed by atoms with Crippen LogP contribution in [0.5, 0.6) is 5.75 Å². The van der Waals surface area contributed by atoms with Crippen LogP contribution in [0.25, 0.3) is 0 Å². The second kappa shape index (κ2) is 11.9. The Morgan fingerprint density at radius 1 is 1.03 bits per heavy atom. The normalized spacial score (nSPS) is 21.9. The Labute approximate surface area is 230 Å². The summed E-state index contributed by atoms with van der Waals surface area (Å²) in [6, 6.07) is 14.0. The van der Waals surface area contributed by atoms with Crippen molar-refractivity contribution in [3.63, 3.8) is 0 Å². The first-order valence-corrected chi connectivity index (χ1v) is 14.0. The molecule has 4 atom stereocenters. The highest BCUT2D eigenvalue weighted by Crippen LogP contribution is 2.38. The minimum absolute atomic E-state index is 0.120. The average Bonchev–Trinajstić information content (AvgIpc) is 3.65. The van der Waals surface area contributed by atoms with Gasteiger partial charge in [0.2, 0.25) is 5.91 Å². The maximum atomic E-state index is 14.4. The number of aromatic amines is 1. The lowest BCUT2D eigenvalue weighted by Gasteiger charge is -2.32. The van der Waals surface area contributed by atoms with Crippen molar-refractivity contribution >= 4 is 17.5 Å². The van der Waals surface area contributed by atoms with E-state index in [0.717, 1.165) is 37.8 Å². The van der Waals surface area contributed by atoms with Crippen molar-refractivity contribution in [2.24, 2.45) is 11.8 Å². The Kier molecular flexibility index (Phi) is 8.15. The first-order chi connectivity index (χ1) is 19.0. The van der Waals surface area contributed by atoms with E-state index in [1.165, 1.54) is 0 Å². The zero-order valence-electron chi connectivity index (χ0n) is 23.0. The van der Waals surface area contributed by atoms with Crippen LogP contribution in [0, 0.1) is 11.8 Å². The molecule has 2 N–H and O–H groups in total. The molecule has 0 spiro atoms. The third kappa shape index (κ3) is 5.77. The van der Waals surface area contributed by atoms with Gasteiger partial charge in [0.25, 0.3) is 5.91 Å². The van der Waals surface area contributed by atoms with Gasteiger partial charge in [0.15, 0.2) is 0 Å². The fraction of sp³-hybridized carbons (Fsp3) is 0.406. The lowest BCUT2D eigenvalue weighted by Crippen LogP contribution is -2.46. The van der Waals surface area contributed by atoms with Gasteiger partial charge in [-0.05, 0) is 85.2 Å². The van der Waals surface area contributed by atoms with Crippen LogP contribution >= 0.6 is 0 Å². The summed E-state index contributed by atoms with van der Waals surface area (Å²) in [5.74, 6) is 1.36. The molecule has 0 bridgehead atoms. The first kappa shape index (κ1) is 26.7. The quantitative estimate of drug-likeness (QED) is 0.343. The molecule has 2 amide bonds. The monoisotopic (exact) mass is 526 g/mol. The molecule has 39 heavy (non-hydrogen) atoms. The number of methoxy groups -OCH3 is 1. The molecular weight excluding hydrogens is 488 g/mol. The van der Waals surface area contributed by atoms with Gasteiger partial charge in [0.05, 0.1) is 7.11 Å². The van der Waals surface area contributed by atoms with Crippen molar-refractivity contribution < 1.29 is 14.3 Å². The number of anilines is 1. The summed E-state index contributed by atoms with van der Waals surface area (Å²) in [6.07, 6.45) is 12.9. The standard InChI is InChI=1S/C32H38N4O3/c1-21-7-6-8-22(2)29(21)27-15-16-28(35-27)32(38)36(25-11-13-26(39-3)14-12-25)30(23-17-19-33-20-18-23)31(37)34-24-9-4-5-10-24/h6-7,11-22,24,29-30,35H,4-5,8-10H2,1-3H3,(H,34,37). The van der Waals surface area contributed by atoms with E-state index >= 15 is 0 Å². The Bertz CT molecular complexity index is 1290. The van der Waals surface area contributed by atoms with Gasteiger partial charge < -0.3 is 15.0 Å². The van der Waals surface area contributed by atoms with Gasteiger partial charge in [0, 0.05) is 35.7 Å². The highest BCUT2D eigenvalue weighted by Gasteiger charge is 2.36. The third-order valence-electron chi connectivity index (χ3n) is 8.22. The van der Waals surface area contributed by atoms with E-state index in [1.807, 2.05) is 36.4 Å². The lowest BCUT2D eigenvalue weighted by atomic mass is 9.76. The molecule has 4 unspecified atom stereocenters. The van der Waals surface area contributed by atoms with Crippen molar-refractivity contribution in [3.8, 4) is 5.75 Å². The number of allylic oxidation sites excluding steroid dienone is 2. The van der Waals surface area contributed by atoms with E-state index in [2.05, 4.69) is 41.3 Å². The topological polar surface area (TPSA) is 87.3 Å². The SMILES string of the molecule is COc1ccc(N(C(=O)c2ccc(C3C(C)C=CCC3C)[nH]2)C(C(=O)NC2CCCC2)c2ccncc2)cc1. The van der Waals surface area contributed by atoms with Crippen LogP contribution in [0.3, 0.4) is 0 Å². The molecular formula is C32H38N4O3. The number of ether oxygens (including phenoxy) is 1. The number of hydrogen-bond acceptors (Lipinski definition) is 4. The summed E-state index contributed by atoms with van der Waals surface area (Å²) in [5.41, 5.74) is 2.83. The van der Waals surface area contributed by atoms with Gasteiger partial charge in [-0.1, -0.05) is 38.8 Å². The first-order valence-electron chi connectivity index (χ1n) is 14.0. The van der Waals surface area contributed by atoms with Crippen LogP contribution in [-0.2, 0) is 4.79 Å². The maximum Gasteiger partial charge on any atom is 0.275 e. The van der Waals surface area contributed by atoms with E-state index in [0.29, 0.717) is 40.4 Å². The van der Waals surface area contributed by atoms with E-state index < -0.39 is 6.04 Å². The molecule has 2 aliphatic carbocycles. The van der Waals surface area contributed by atoms with Gasteiger partial charge in [-0.15, -0.1) is 0 Å². The minimum atomic E-state index is -0.864. The molecule has 1 aromatic carbocycles. The van der Waals surface area contributed by atoms with E-state index in [1.54, 1.807) is 36.5 Å². The smallest absolute Gasteiger partial charge is 0.275 e. The van der Waals surface area contributed by atoms with Crippen LogP contribution in [0.15, 0.2) is 73.1 Å². The molecule has 204 valence electrons. The van der Waals surface area contributed by atoms with E-state index in [-0.39, 0.29) is 17.9 Å². The van der Waals surface area contributed by atoms with Gasteiger partial charge >= 0.3 is 0 Å². The van der Waals surface area contributed by atoms with Crippen LogP contribution in [0.4, 0.5) is 5.69 Å². The summed E-state index contributed by atoms with van der Waals surface area (Å²) in [6.45, 7) is 4.47. The van der Waals surface area contributed by atoms with Gasteiger partial charge in [-0.25, -0.2) is 0 Å². The molecule has 0 radical (unpaired) electrons. The summed E-state index contributed by atoms with van der Waals surface area (Å²) in [5, 5.41) is 3.23. The number of pyridine rings is 1. The maximum absolute atomic E-state index is 14.4. The molecule has 7 nitrogen and oxygen atoms in total. The third-order valence-corrected chi connectivity index (χ3v) is 8.22. The Balaban J connectivity index is 1.55. The zero-order valence-corrected chi connectivity index (χ0v) is 23.0. The predicted octanol–water partition coefficient (Wildman–Crippen LogP) is 6.18. The number of aromatic nitrogens is 2. The number of carbonyl (C=O) groups excluding carboxylic acids is 2. The number of benzene rings is 1. The van der Waals surface area contributed by atoms with Crippen LogP contribution in [-0.4, -0.2) is 34.9 Å². The van der Waals surface area contributed by atoms with E-state index in [4.69, 9.17) is 4.74 Å². The summed E-state index contributed by atoms with van der Waals surface area (Å²) in [4.78, 5) is 37.5. The van der Waals surface area contributed by atoms with Crippen molar-refractivity contribution in [1.29, 1.82) is 0 Å². The fourth-order valence-electron chi connectivity index (χ4n) is 6.18. The zero-order chi connectivity index (χ0) is 27.4. The Morgan fingerprint density at radius 3 is 2.41 bits per heavy atom. The molecule has 7 heteroatoms. The van der Waals surface area contributed by atoms with Crippen molar-refractivity contribution in [1.82, 2.24) is 15.3 Å². The minimum Gasteiger partial charge on any atom is -0.497 e. The molecule has 0 saturated heterocycles. The number of amides is 2. The van der Waals surface area contributed by atoms with Crippen molar-refractivity contribution in [2.75, 3.05) is 12.0 Å². The number of nitrogens with one attached hydrogen (secondary N) is 2. The van der Waals surface area contributed by atoms with Crippen molar-refractivity contribution in [3.05, 3.63) is 90.0 Å². The molecule has 1 saturated carbocycles. The molecule has 2 aromatic heterocycles. The number of carbonyl (C=O) groups is 2. The van der Waals surface area contributed by atoms with Crippen LogP contribution < -0.4 is 15.0 Å². The summed E-state index contributed by atoms with van der Waals surface area (Å²) < 4.78 is 5.36. The number of nitrogens with zero attached hydrogens (tertiary/aromatic N) is 2. The number of rotatable bonds is 8. The molecule has 2 aliphatic rings. The van der Waals surface area contributed by atoms with E-state index in [9.17, 15) is 9.59 Å². The molecule has 5 rings (SSSR count). The van der Waals surface area contributed by atoms with Crippen LogP contribution in [0.2, 0.25) is 0 Å². The highest BCUT2D eigenvalue weighted by molar-refractivity contribution is 6.09. The molecule has 1 fully saturated rings. The summed E-state index contributed by atoms with van der Waals surface area (Å²) in [7, 11) is 1.61. The van der Waals surface area contributed by atoms with Crippen molar-refractivity contribution in [2.45, 2.75) is 64.0 Å². The molecule has 3 aromatic rings. The van der Waals surface area contributed by atoms with Gasteiger partial charge in [0.1, 0.15) is 17.5 Å². The number of H-pyrrole nitrogens is 1. The number of hydrogen-bond donors (Lipinski definition) is 2. The Morgan fingerprint density at radius 2 is 1.74 bits per heavy atom. The Hall–Kier alpha value is -3.87.